The molecule has 0 aromatic carbocycles. The summed E-state index contributed by atoms with van der Waals surface area (Å²) in [6.45, 7) is 12.6. The lowest BCUT2D eigenvalue weighted by Gasteiger charge is -2.60. The van der Waals surface area contributed by atoms with Crippen LogP contribution in [0.15, 0.2) is 0 Å². The fourth-order valence-electron chi connectivity index (χ4n) is 8.05. The Morgan fingerprint density at radius 1 is 1.10 bits per heavy atom. The second-order valence-corrected chi connectivity index (χ2v) is 11.9. The van der Waals surface area contributed by atoms with E-state index in [0.717, 1.165) is 5.92 Å². The maximum Gasteiger partial charge on any atom is 0.186 e. The first-order valence-electron chi connectivity index (χ1n) is 11.8. The number of hydrogen-bond acceptors (Lipinski definition) is 5. The van der Waals surface area contributed by atoms with Crippen LogP contribution in [-0.2, 0) is 9.47 Å². The van der Waals surface area contributed by atoms with E-state index in [1.807, 2.05) is 0 Å². The number of hydrogen-bond donors (Lipinski definition) is 3. The highest BCUT2D eigenvalue weighted by molar-refractivity contribution is 5.18. The summed E-state index contributed by atoms with van der Waals surface area (Å²) in [5.74, 6) is 2.53. The molecule has 0 radical (unpaired) electrons. The number of rotatable bonds is 5. The van der Waals surface area contributed by atoms with Crippen molar-refractivity contribution in [2.75, 3.05) is 13.2 Å². The molecule has 9 atom stereocenters. The molecule has 5 nitrogen and oxygen atoms in total. The SMILES string of the molecule is CC(COC1O[C@H](CO)C[C@H](O)[C@@H]1O)C1CCC(C)(C)C23CCC(C2)C(C)(C)C13. The van der Waals surface area contributed by atoms with Gasteiger partial charge in [-0.15, -0.1) is 0 Å². The summed E-state index contributed by atoms with van der Waals surface area (Å²) in [5, 5.41) is 29.7. The summed E-state index contributed by atoms with van der Waals surface area (Å²) in [6, 6.07) is 0. The van der Waals surface area contributed by atoms with Crippen LogP contribution >= 0.6 is 0 Å². The van der Waals surface area contributed by atoms with Gasteiger partial charge in [-0.25, -0.2) is 0 Å². The van der Waals surface area contributed by atoms with E-state index in [-0.39, 0.29) is 13.0 Å². The van der Waals surface area contributed by atoms with Gasteiger partial charge in [0.15, 0.2) is 6.29 Å². The van der Waals surface area contributed by atoms with Crippen LogP contribution in [0.1, 0.15) is 73.1 Å². The Morgan fingerprint density at radius 2 is 1.83 bits per heavy atom. The highest BCUT2D eigenvalue weighted by Crippen LogP contribution is 2.77. The first-order chi connectivity index (χ1) is 13.5. The average molecular weight is 411 g/mol. The molecule has 1 heterocycles. The minimum absolute atomic E-state index is 0.170. The Bertz CT molecular complexity index is 604. The minimum Gasteiger partial charge on any atom is -0.394 e. The number of aliphatic hydroxyl groups excluding tert-OH is 3. The molecule has 168 valence electrons. The molecule has 29 heavy (non-hydrogen) atoms. The van der Waals surface area contributed by atoms with Gasteiger partial charge in [-0.2, -0.15) is 0 Å². The van der Waals surface area contributed by atoms with Crippen LogP contribution in [0.25, 0.3) is 0 Å². The number of aliphatic hydroxyl groups is 3. The smallest absolute Gasteiger partial charge is 0.186 e. The van der Waals surface area contributed by atoms with Crippen molar-refractivity contribution in [3.8, 4) is 0 Å². The van der Waals surface area contributed by atoms with Crippen LogP contribution in [-0.4, -0.2) is 53.1 Å². The molecule has 1 aliphatic heterocycles. The van der Waals surface area contributed by atoms with Gasteiger partial charge in [-0.3, -0.25) is 0 Å². The Balaban J connectivity index is 1.47. The van der Waals surface area contributed by atoms with Crippen molar-refractivity contribution in [2.24, 2.45) is 39.9 Å². The van der Waals surface area contributed by atoms with E-state index >= 15 is 0 Å². The first-order valence-corrected chi connectivity index (χ1v) is 11.8. The summed E-state index contributed by atoms with van der Waals surface area (Å²) in [5.41, 5.74) is 1.23. The highest BCUT2D eigenvalue weighted by Gasteiger charge is 2.69. The first kappa shape index (κ1) is 22.0. The molecule has 4 fully saturated rings. The summed E-state index contributed by atoms with van der Waals surface area (Å²) >= 11 is 0. The van der Waals surface area contributed by atoms with Crippen LogP contribution in [0.4, 0.5) is 0 Å². The molecule has 0 amide bonds. The van der Waals surface area contributed by atoms with E-state index < -0.39 is 24.6 Å². The lowest BCUT2D eigenvalue weighted by atomic mass is 9.45. The molecule has 3 saturated carbocycles. The van der Waals surface area contributed by atoms with Crippen molar-refractivity contribution in [1.82, 2.24) is 0 Å². The lowest BCUT2D eigenvalue weighted by Crippen LogP contribution is -2.54. The molecule has 0 aromatic rings. The molecule has 0 aromatic heterocycles. The normalized spacial score (nSPS) is 49.0. The quantitative estimate of drug-likeness (QED) is 0.648. The van der Waals surface area contributed by atoms with Crippen molar-refractivity contribution < 1.29 is 24.8 Å². The van der Waals surface area contributed by atoms with Crippen LogP contribution in [0, 0.1) is 39.9 Å². The maximum atomic E-state index is 10.3. The van der Waals surface area contributed by atoms with Gasteiger partial charge in [0.25, 0.3) is 0 Å². The van der Waals surface area contributed by atoms with Gasteiger partial charge < -0.3 is 24.8 Å². The van der Waals surface area contributed by atoms with Crippen molar-refractivity contribution in [3.05, 3.63) is 0 Å². The molecular weight excluding hydrogens is 368 g/mol. The van der Waals surface area contributed by atoms with E-state index in [0.29, 0.717) is 40.6 Å². The molecule has 1 saturated heterocycles. The molecular formula is C24H42O5. The van der Waals surface area contributed by atoms with Crippen LogP contribution in [0.2, 0.25) is 0 Å². The van der Waals surface area contributed by atoms with Gasteiger partial charge in [0, 0.05) is 6.42 Å². The fourth-order valence-corrected chi connectivity index (χ4v) is 8.05. The minimum atomic E-state index is -1.06. The summed E-state index contributed by atoms with van der Waals surface area (Å²) in [6.07, 6.45) is 3.58. The number of ether oxygens (including phenoxy) is 2. The largest absolute Gasteiger partial charge is 0.394 e. The monoisotopic (exact) mass is 410 g/mol. The molecule has 6 unspecified atom stereocenters. The topological polar surface area (TPSA) is 79.2 Å². The number of fused-ring (bicyclic) bond motifs is 1. The highest BCUT2D eigenvalue weighted by atomic mass is 16.7. The van der Waals surface area contributed by atoms with E-state index in [9.17, 15) is 15.3 Å². The average Bonchev–Trinajstić information content (AvgIpc) is 3.20. The van der Waals surface area contributed by atoms with Crippen molar-refractivity contribution in [3.63, 3.8) is 0 Å². The van der Waals surface area contributed by atoms with Crippen molar-refractivity contribution in [1.29, 1.82) is 0 Å². The molecule has 2 bridgehead atoms. The third kappa shape index (κ3) is 3.31. The van der Waals surface area contributed by atoms with Gasteiger partial charge in [0.05, 0.1) is 25.4 Å². The Kier molecular flexibility index (Phi) is 5.65. The second kappa shape index (κ2) is 7.44. The fraction of sp³-hybridized carbons (Fsp3) is 1.00. The zero-order valence-electron chi connectivity index (χ0n) is 18.9. The lowest BCUT2D eigenvalue weighted by molar-refractivity contribution is -0.276. The standard InChI is InChI=1S/C24H42O5/c1-14(13-28-21-19(27)18(26)10-16(12-25)29-21)17-7-8-22(2,3)24-9-6-15(11-24)23(4,5)20(17)24/h14-21,25-27H,6-13H2,1-5H3/t14?,15?,16-,17?,18-,19-,20?,21?,24?/m0/s1. The van der Waals surface area contributed by atoms with Gasteiger partial charge in [-0.1, -0.05) is 34.6 Å². The summed E-state index contributed by atoms with van der Waals surface area (Å²) in [7, 11) is 0. The molecule has 1 spiro atoms. The molecule has 4 aliphatic rings. The van der Waals surface area contributed by atoms with E-state index in [1.54, 1.807) is 0 Å². The second-order valence-electron chi connectivity index (χ2n) is 11.9. The zero-order chi connectivity index (χ0) is 21.2. The maximum absolute atomic E-state index is 10.3. The Labute approximate surface area is 176 Å². The van der Waals surface area contributed by atoms with E-state index in [4.69, 9.17) is 9.47 Å². The predicted molar refractivity (Wildman–Crippen MR) is 111 cm³/mol. The van der Waals surface area contributed by atoms with Gasteiger partial charge in [0.2, 0.25) is 0 Å². The molecule has 5 heteroatoms. The Hall–Kier alpha value is -0.200. The van der Waals surface area contributed by atoms with Gasteiger partial charge >= 0.3 is 0 Å². The molecule has 4 rings (SSSR count). The van der Waals surface area contributed by atoms with Crippen LogP contribution < -0.4 is 0 Å². The van der Waals surface area contributed by atoms with E-state index in [1.165, 1.54) is 32.1 Å². The van der Waals surface area contributed by atoms with Gasteiger partial charge in [0.1, 0.15) is 6.10 Å². The van der Waals surface area contributed by atoms with E-state index in [2.05, 4.69) is 34.6 Å². The zero-order valence-corrected chi connectivity index (χ0v) is 18.9. The summed E-state index contributed by atoms with van der Waals surface area (Å²) in [4.78, 5) is 0. The van der Waals surface area contributed by atoms with Crippen LogP contribution in [0.5, 0.6) is 0 Å². The third-order valence-electron chi connectivity index (χ3n) is 9.84. The van der Waals surface area contributed by atoms with Crippen LogP contribution in [0.3, 0.4) is 0 Å². The predicted octanol–water partition coefficient (Wildman–Crippen LogP) is 3.35. The van der Waals surface area contributed by atoms with Crippen molar-refractivity contribution >= 4 is 0 Å². The molecule has 3 N–H and O–H groups in total. The Morgan fingerprint density at radius 3 is 2.52 bits per heavy atom. The summed E-state index contributed by atoms with van der Waals surface area (Å²) < 4.78 is 11.7. The molecule has 3 aliphatic carbocycles. The van der Waals surface area contributed by atoms with Gasteiger partial charge in [-0.05, 0) is 72.0 Å². The third-order valence-corrected chi connectivity index (χ3v) is 9.84. The van der Waals surface area contributed by atoms with Crippen molar-refractivity contribution in [2.45, 2.75) is 97.7 Å².